The molecule has 26 heavy (non-hydrogen) atoms. The van der Waals surface area contributed by atoms with Crippen molar-refractivity contribution in [2.24, 2.45) is 0 Å². The summed E-state index contributed by atoms with van der Waals surface area (Å²) < 4.78 is 16.2. The van der Waals surface area contributed by atoms with E-state index in [0.29, 0.717) is 40.3 Å². The molecule has 0 aliphatic rings. The predicted molar refractivity (Wildman–Crippen MR) is 103 cm³/mol. The van der Waals surface area contributed by atoms with E-state index >= 15 is 0 Å². The van der Waals surface area contributed by atoms with Crippen molar-refractivity contribution < 1.29 is 19.0 Å². The Morgan fingerprint density at radius 1 is 1.04 bits per heavy atom. The van der Waals surface area contributed by atoms with Gasteiger partial charge in [-0.1, -0.05) is 36.2 Å². The van der Waals surface area contributed by atoms with Crippen molar-refractivity contribution in [2.45, 2.75) is 26.0 Å². The molecule has 140 valence electrons. The van der Waals surface area contributed by atoms with Gasteiger partial charge in [-0.2, -0.15) is 0 Å². The molecule has 0 saturated heterocycles. The zero-order valence-corrected chi connectivity index (χ0v) is 16.4. The predicted octanol–water partition coefficient (Wildman–Crippen LogP) is 4.48. The monoisotopic (exact) mass is 397 g/mol. The highest BCUT2D eigenvalue weighted by molar-refractivity contribution is 6.35. The summed E-state index contributed by atoms with van der Waals surface area (Å²) in [6, 6.07) is 10.4. The third-order valence-corrected chi connectivity index (χ3v) is 4.27. The fourth-order valence-electron chi connectivity index (χ4n) is 2.34. The van der Waals surface area contributed by atoms with Crippen LogP contribution < -0.4 is 19.5 Å². The van der Waals surface area contributed by atoms with Crippen LogP contribution in [-0.4, -0.2) is 26.2 Å². The molecule has 1 atom stereocenters. The van der Waals surface area contributed by atoms with Crippen LogP contribution in [-0.2, 0) is 11.3 Å². The molecule has 0 radical (unpaired) electrons. The molecule has 2 aromatic carbocycles. The van der Waals surface area contributed by atoms with Crippen molar-refractivity contribution in [1.29, 1.82) is 0 Å². The topological polar surface area (TPSA) is 56.8 Å². The molecule has 7 heteroatoms. The number of nitrogens with one attached hydrogen (secondary N) is 1. The van der Waals surface area contributed by atoms with Gasteiger partial charge in [-0.25, -0.2) is 0 Å². The average Bonchev–Trinajstić information content (AvgIpc) is 2.65. The van der Waals surface area contributed by atoms with Crippen molar-refractivity contribution >= 4 is 29.1 Å². The van der Waals surface area contributed by atoms with Crippen LogP contribution in [0.15, 0.2) is 36.4 Å². The Morgan fingerprint density at radius 2 is 1.73 bits per heavy atom. The molecule has 0 saturated carbocycles. The highest BCUT2D eigenvalue weighted by Gasteiger charge is 2.19. The van der Waals surface area contributed by atoms with E-state index in [1.165, 1.54) is 0 Å². The van der Waals surface area contributed by atoms with Gasteiger partial charge in [0, 0.05) is 11.6 Å². The zero-order valence-electron chi connectivity index (χ0n) is 14.8. The quantitative estimate of drug-likeness (QED) is 0.712. The maximum Gasteiger partial charge on any atom is 0.261 e. The summed E-state index contributed by atoms with van der Waals surface area (Å²) in [4.78, 5) is 12.4. The van der Waals surface area contributed by atoms with Gasteiger partial charge >= 0.3 is 0 Å². The fraction of sp³-hybridized carbons (Fsp3) is 0.316. The summed E-state index contributed by atoms with van der Waals surface area (Å²) >= 11 is 12.0. The molecular weight excluding hydrogens is 377 g/mol. The summed E-state index contributed by atoms with van der Waals surface area (Å²) in [6.45, 7) is 2.21. The number of benzene rings is 2. The van der Waals surface area contributed by atoms with Crippen LogP contribution in [0.3, 0.4) is 0 Å². The molecule has 1 N–H and O–H groups in total. The van der Waals surface area contributed by atoms with Crippen LogP contribution in [0.2, 0.25) is 10.0 Å². The third-order valence-electron chi connectivity index (χ3n) is 3.74. The van der Waals surface area contributed by atoms with Gasteiger partial charge in [0.2, 0.25) is 0 Å². The molecule has 1 unspecified atom stereocenters. The number of halogens is 2. The number of amides is 1. The Hall–Kier alpha value is -2.11. The molecule has 0 fully saturated rings. The summed E-state index contributed by atoms with van der Waals surface area (Å²) in [6.07, 6.45) is -0.162. The molecule has 0 aliphatic heterocycles. The van der Waals surface area contributed by atoms with Gasteiger partial charge in [0.05, 0.1) is 19.2 Å². The second kappa shape index (κ2) is 9.55. The van der Waals surface area contributed by atoms with Gasteiger partial charge in [-0.05, 0) is 42.3 Å². The van der Waals surface area contributed by atoms with E-state index in [9.17, 15) is 4.79 Å². The summed E-state index contributed by atoms with van der Waals surface area (Å²) in [5.41, 5.74) is 0.885. The average molecular weight is 398 g/mol. The van der Waals surface area contributed by atoms with Crippen LogP contribution in [0.25, 0.3) is 0 Å². The first-order valence-corrected chi connectivity index (χ1v) is 8.84. The van der Waals surface area contributed by atoms with Crippen molar-refractivity contribution in [3.63, 3.8) is 0 Å². The molecule has 1 amide bonds. The van der Waals surface area contributed by atoms with Crippen molar-refractivity contribution in [3.05, 3.63) is 52.0 Å². The number of carbonyl (C=O) groups is 1. The minimum absolute atomic E-state index is 0.228. The van der Waals surface area contributed by atoms with Gasteiger partial charge in [-0.3, -0.25) is 4.79 Å². The molecule has 2 rings (SSSR count). The van der Waals surface area contributed by atoms with Gasteiger partial charge in [-0.15, -0.1) is 0 Å². The van der Waals surface area contributed by atoms with Crippen LogP contribution in [0.4, 0.5) is 0 Å². The van der Waals surface area contributed by atoms with E-state index in [1.54, 1.807) is 38.5 Å². The van der Waals surface area contributed by atoms with E-state index < -0.39 is 6.10 Å². The number of hydrogen-bond donors (Lipinski definition) is 1. The van der Waals surface area contributed by atoms with Crippen LogP contribution in [0.5, 0.6) is 17.2 Å². The smallest absolute Gasteiger partial charge is 0.261 e. The molecule has 0 bridgehead atoms. The molecule has 0 spiro atoms. The van der Waals surface area contributed by atoms with Gasteiger partial charge in [0.25, 0.3) is 5.91 Å². The molecule has 0 aliphatic carbocycles. The second-order valence-corrected chi connectivity index (χ2v) is 6.34. The number of carbonyl (C=O) groups excluding carboxylic acids is 1. The Morgan fingerprint density at radius 3 is 2.35 bits per heavy atom. The van der Waals surface area contributed by atoms with Gasteiger partial charge in [0.15, 0.2) is 17.6 Å². The number of ether oxygens (including phenoxy) is 3. The van der Waals surface area contributed by atoms with E-state index in [2.05, 4.69) is 5.32 Å². The Bertz CT molecular complexity index is 767. The summed E-state index contributed by atoms with van der Waals surface area (Å²) in [5, 5.41) is 3.73. The van der Waals surface area contributed by atoms with Gasteiger partial charge in [0.1, 0.15) is 5.75 Å². The van der Waals surface area contributed by atoms with Crippen molar-refractivity contribution in [3.8, 4) is 17.2 Å². The number of hydrogen-bond acceptors (Lipinski definition) is 4. The number of methoxy groups -OCH3 is 2. The normalized spacial score (nSPS) is 11.6. The van der Waals surface area contributed by atoms with E-state index in [1.807, 2.05) is 19.1 Å². The maximum atomic E-state index is 12.4. The maximum absolute atomic E-state index is 12.4. The van der Waals surface area contributed by atoms with Crippen molar-refractivity contribution in [2.75, 3.05) is 14.2 Å². The lowest BCUT2D eigenvalue weighted by molar-refractivity contribution is -0.128. The van der Waals surface area contributed by atoms with Crippen LogP contribution >= 0.6 is 23.2 Å². The molecule has 5 nitrogen and oxygen atoms in total. The lowest BCUT2D eigenvalue weighted by Crippen LogP contribution is -2.37. The van der Waals surface area contributed by atoms with Gasteiger partial charge < -0.3 is 19.5 Å². The van der Waals surface area contributed by atoms with Crippen molar-refractivity contribution in [1.82, 2.24) is 5.32 Å². The fourth-order valence-corrected chi connectivity index (χ4v) is 2.79. The van der Waals surface area contributed by atoms with E-state index in [-0.39, 0.29) is 5.91 Å². The number of rotatable bonds is 8. The highest BCUT2D eigenvalue weighted by atomic mass is 35.5. The zero-order chi connectivity index (χ0) is 19.1. The minimum atomic E-state index is -0.659. The first kappa shape index (κ1) is 20.2. The van der Waals surface area contributed by atoms with Crippen LogP contribution in [0, 0.1) is 0 Å². The Labute approximate surface area is 163 Å². The first-order chi connectivity index (χ1) is 12.5. The standard InChI is InChI=1S/C19H21Cl2NO4/c1-4-15(26-16-8-6-13(20)10-14(16)21)19(23)22-11-12-5-7-17(24-2)18(9-12)25-3/h5-10,15H,4,11H2,1-3H3,(H,22,23). The summed E-state index contributed by atoms with van der Waals surface area (Å²) in [7, 11) is 3.14. The SMILES string of the molecule is CCC(Oc1ccc(Cl)cc1Cl)C(=O)NCc1ccc(OC)c(OC)c1. The first-order valence-electron chi connectivity index (χ1n) is 8.08. The minimum Gasteiger partial charge on any atom is -0.493 e. The largest absolute Gasteiger partial charge is 0.493 e. The summed E-state index contributed by atoms with van der Waals surface area (Å²) in [5.74, 6) is 1.43. The Kier molecular flexibility index (Phi) is 7.42. The molecule has 0 aromatic heterocycles. The second-order valence-electron chi connectivity index (χ2n) is 5.50. The molecule has 2 aromatic rings. The molecular formula is C19H21Cl2NO4. The lowest BCUT2D eigenvalue weighted by Gasteiger charge is -2.18. The third kappa shape index (κ3) is 5.19. The van der Waals surface area contributed by atoms with E-state index in [0.717, 1.165) is 5.56 Å². The Balaban J connectivity index is 2.00. The molecule has 0 heterocycles. The van der Waals surface area contributed by atoms with Crippen LogP contribution in [0.1, 0.15) is 18.9 Å². The lowest BCUT2D eigenvalue weighted by atomic mass is 10.2. The highest BCUT2D eigenvalue weighted by Crippen LogP contribution is 2.29. The van der Waals surface area contributed by atoms with E-state index in [4.69, 9.17) is 37.4 Å².